The van der Waals surface area contributed by atoms with E-state index in [0.29, 0.717) is 16.3 Å². The van der Waals surface area contributed by atoms with Crippen LogP contribution in [0.5, 0.6) is 0 Å². The Hall–Kier alpha value is -4.26. The Morgan fingerprint density at radius 3 is 1.54 bits per heavy atom. The SMILES string of the molecule is C=O.CCO.NC(c1ccccc1)c1nccs1.NO.O/N=C(\c1ccccc1)c1nccs1.O=C(c1ccccc1)c1nccs1.OO.[Zn]. The van der Waals surface area contributed by atoms with Crippen molar-refractivity contribution in [3.8, 4) is 0 Å². The molecule has 0 amide bonds. The van der Waals surface area contributed by atoms with E-state index in [-0.39, 0.29) is 37.9 Å². The van der Waals surface area contributed by atoms with Crippen LogP contribution in [0.15, 0.2) is 131 Å². The Morgan fingerprint density at radius 2 is 1.14 bits per heavy atom. The molecule has 6 rings (SSSR count). The fourth-order valence-corrected chi connectivity index (χ4v) is 5.31. The number of oxime groups is 1. The summed E-state index contributed by atoms with van der Waals surface area (Å²) in [6.45, 7) is 3.93. The second kappa shape index (κ2) is 32.0. The number of nitrogens with zero attached hydrogens (tertiary/aromatic N) is 4. The van der Waals surface area contributed by atoms with Gasteiger partial charge in [0.15, 0.2) is 5.01 Å². The number of ketones is 1. The Kier molecular flexibility index (Phi) is 30.6. The molecule has 0 aliphatic heterocycles. The predicted molar refractivity (Wildman–Crippen MR) is 194 cm³/mol. The molecular weight excluding hydrogens is 754 g/mol. The monoisotopic (exact) mass is 790 g/mol. The van der Waals surface area contributed by atoms with Gasteiger partial charge in [0.05, 0.1) is 6.04 Å². The Labute approximate surface area is 314 Å². The van der Waals surface area contributed by atoms with Crippen molar-refractivity contribution in [3.63, 3.8) is 0 Å². The summed E-state index contributed by atoms with van der Waals surface area (Å²) in [6, 6.07) is 28.6. The maximum atomic E-state index is 11.7. The third-order valence-corrected chi connectivity index (χ3v) is 7.73. The van der Waals surface area contributed by atoms with Crippen molar-refractivity contribution >= 4 is 52.3 Å². The van der Waals surface area contributed by atoms with Crippen molar-refractivity contribution in [1.82, 2.24) is 15.0 Å². The van der Waals surface area contributed by atoms with Gasteiger partial charge in [0.1, 0.15) is 22.5 Å². The van der Waals surface area contributed by atoms with Crippen LogP contribution in [0.4, 0.5) is 0 Å². The average Bonchev–Trinajstić information content (AvgIpc) is 4.02. The number of hydrogen-bond donors (Lipinski definition) is 7. The molecule has 0 saturated heterocycles. The molecule has 262 valence electrons. The number of carbonyl (C=O) groups is 2. The van der Waals surface area contributed by atoms with E-state index >= 15 is 0 Å². The molecule has 6 aromatic rings. The summed E-state index contributed by atoms with van der Waals surface area (Å²) in [5.41, 5.74) is 9.19. The molecule has 0 bridgehead atoms. The van der Waals surface area contributed by atoms with Crippen molar-refractivity contribution in [1.29, 1.82) is 0 Å². The second-order valence-electron chi connectivity index (χ2n) is 8.26. The number of aliphatic hydroxyl groups excluding tert-OH is 1. The average molecular weight is 792 g/mol. The van der Waals surface area contributed by atoms with E-state index in [2.05, 4.69) is 26.0 Å². The molecule has 0 spiro atoms. The number of aliphatic hydroxyl groups is 1. The van der Waals surface area contributed by atoms with E-state index in [4.69, 9.17) is 36.6 Å². The molecule has 9 N–H and O–H groups in total. The minimum atomic E-state index is -0.0822. The van der Waals surface area contributed by atoms with Crippen molar-refractivity contribution in [2.75, 3.05) is 6.61 Å². The van der Waals surface area contributed by atoms with Crippen LogP contribution in [0.1, 0.15) is 49.5 Å². The van der Waals surface area contributed by atoms with Gasteiger partial charge in [-0.25, -0.2) is 20.8 Å². The van der Waals surface area contributed by atoms with Gasteiger partial charge in [-0.2, -0.15) is 0 Å². The van der Waals surface area contributed by atoms with E-state index in [1.807, 2.05) is 96.4 Å². The van der Waals surface area contributed by atoms with E-state index < -0.39 is 0 Å². The standard InChI is InChI=1S/C10H8N2OS.C10H10N2S.C10H7NOS.C2H6O.CH2O.H3NO.H2O2.Zn/c13-12-9(10-11-6-7-14-10)8-4-2-1-3-5-8;11-9(10-12-6-7-13-10)8-4-2-1-3-5-8;12-9(10-11-6-7-13-10)8-4-2-1-3-5-8;1-2-3;3*1-2;/h1-7,13H;1-7,9H,11H2;1-7H;3H,2H2,1H3;1H2;2H,1H2;1-2H;/b12-9+;;;;;;;. The van der Waals surface area contributed by atoms with Crippen LogP contribution < -0.4 is 11.6 Å². The molecule has 0 aliphatic rings. The fraction of sp³-hybridized carbons (Fsp3) is 0.0909. The van der Waals surface area contributed by atoms with Gasteiger partial charge in [0.2, 0.25) is 5.78 Å². The van der Waals surface area contributed by atoms with Crippen molar-refractivity contribution in [3.05, 3.63) is 157 Å². The van der Waals surface area contributed by atoms with Crippen LogP contribution >= 0.6 is 34.0 Å². The molecule has 0 radical (unpaired) electrons. The number of rotatable bonds is 6. The maximum absolute atomic E-state index is 11.7. The minimum Gasteiger partial charge on any atom is -0.410 e. The van der Waals surface area contributed by atoms with E-state index in [9.17, 15) is 4.79 Å². The number of thiazole rings is 3. The van der Waals surface area contributed by atoms with Crippen LogP contribution in [-0.2, 0) is 24.3 Å². The quantitative estimate of drug-likeness (QED) is 0.0253. The van der Waals surface area contributed by atoms with E-state index in [1.54, 1.807) is 54.4 Å². The molecule has 1 atom stereocenters. The number of nitrogens with two attached hydrogens (primary N) is 2. The molecule has 50 heavy (non-hydrogen) atoms. The van der Waals surface area contributed by atoms with Gasteiger partial charge in [-0.15, -0.1) is 34.0 Å². The fourth-order valence-electron chi connectivity index (χ4n) is 3.40. The van der Waals surface area contributed by atoms with Crippen molar-refractivity contribution in [2.45, 2.75) is 13.0 Å². The van der Waals surface area contributed by atoms with Crippen molar-refractivity contribution < 1.29 is 55.1 Å². The number of hydrogen-bond acceptors (Lipinski definition) is 16. The van der Waals surface area contributed by atoms with Gasteiger partial charge >= 0.3 is 0 Å². The third kappa shape index (κ3) is 17.9. The van der Waals surface area contributed by atoms with Gasteiger partial charge in [0, 0.05) is 71.9 Å². The molecule has 3 heterocycles. The van der Waals surface area contributed by atoms with Crippen LogP contribution in [0.3, 0.4) is 0 Å². The first-order valence-corrected chi connectivity index (χ1v) is 16.4. The molecule has 0 fully saturated rings. The maximum Gasteiger partial charge on any atom is 0.221 e. The second-order valence-corrected chi connectivity index (χ2v) is 11.0. The zero-order chi connectivity index (χ0) is 36.7. The summed E-state index contributed by atoms with van der Waals surface area (Å²) in [5.74, 6) is 3.50. The smallest absolute Gasteiger partial charge is 0.221 e. The Balaban J connectivity index is 0. The van der Waals surface area contributed by atoms with Gasteiger partial charge in [-0.05, 0) is 12.5 Å². The first-order chi connectivity index (χ1) is 24.1. The summed E-state index contributed by atoms with van der Waals surface area (Å²) in [4.78, 5) is 31.9. The zero-order valence-electron chi connectivity index (χ0n) is 27.0. The van der Waals surface area contributed by atoms with E-state index in [0.717, 1.165) is 21.1 Å². The number of aromatic nitrogens is 3. The summed E-state index contributed by atoms with van der Waals surface area (Å²) < 4.78 is 0. The van der Waals surface area contributed by atoms with Gasteiger partial charge < -0.3 is 26.0 Å². The Bertz CT molecular complexity index is 1620. The molecule has 1 unspecified atom stereocenters. The Morgan fingerprint density at radius 1 is 0.740 bits per heavy atom. The normalized spacial score (nSPS) is 9.78. The third-order valence-electron chi connectivity index (χ3n) is 5.32. The van der Waals surface area contributed by atoms with Gasteiger partial charge in [0.25, 0.3) is 0 Å². The van der Waals surface area contributed by atoms with Crippen LogP contribution in [-0.4, -0.2) is 65.9 Å². The van der Waals surface area contributed by atoms with Crippen LogP contribution in [0.2, 0.25) is 0 Å². The van der Waals surface area contributed by atoms with Crippen LogP contribution in [0.25, 0.3) is 0 Å². The topological polar surface area (TPSA) is 238 Å². The molecular formula is C33H38N6O7S3Zn. The first kappa shape index (κ1) is 47.9. The van der Waals surface area contributed by atoms with Crippen molar-refractivity contribution in [2.24, 2.45) is 16.8 Å². The minimum absolute atomic E-state index is 0. The number of benzene rings is 3. The van der Waals surface area contributed by atoms with Gasteiger partial charge in [-0.1, -0.05) is 96.2 Å². The molecule has 0 aliphatic carbocycles. The summed E-state index contributed by atoms with van der Waals surface area (Å²) in [5, 5.41) is 46.1. The zero-order valence-corrected chi connectivity index (χ0v) is 32.5. The summed E-state index contributed by atoms with van der Waals surface area (Å²) in [6.07, 6.45) is 5.11. The first-order valence-electron chi connectivity index (χ1n) is 13.8. The number of carbonyl (C=O) groups excluding carboxylic acids is 2. The molecule has 0 saturated carbocycles. The predicted octanol–water partition coefficient (Wildman–Crippen LogP) is 6.10. The molecule has 3 aromatic carbocycles. The summed E-state index contributed by atoms with van der Waals surface area (Å²) in [7, 11) is 0. The van der Waals surface area contributed by atoms with Gasteiger partial charge in [-0.3, -0.25) is 15.3 Å². The molecule has 17 heteroatoms. The van der Waals surface area contributed by atoms with E-state index in [1.165, 1.54) is 22.7 Å². The molecule has 3 aromatic heterocycles. The largest absolute Gasteiger partial charge is 0.410 e. The summed E-state index contributed by atoms with van der Waals surface area (Å²) >= 11 is 4.40. The van der Waals surface area contributed by atoms with Crippen LogP contribution in [0, 0.1) is 0 Å². The molecule has 13 nitrogen and oxygen atoms in total.